The maximum atomic E-state index is 12.0. The molecule has 23 heavy (non-hydrogen) atoms. The van der Waals surface area contributed by atoms with Crippen molar-refractivity contribution in [2.24, 2.45) is 0 Å². The fourth-order valence-electron chi connectivity index (χ4n) is 2.10. The highest BCUT2D eigenvalue weighted by atomic mass is 16.1. The van der Waals surface area contributed by atoms with Crippen LogP contribution in [-0.2, 0) is 0 Å². The van der Waals surface area contributed by atoms with Crippen molar-refractivity contribution in [3.63, 3.8) is 0 Å². The van der Waals surface area contributed by atoms with Gasteiger partial charge in [-0.05, 0) is 36.1 Å². The summed E-state index contributed by atoms with van der Waals surface area (Å²) in [5.41, 5.74) is 2.55. The maximum absolute atomic E-state index is 12.0. The van der Waals surface area contributed by atoms with Crippen LogP contribution < -0.4 is 10.6 Å². The molecular weight excluding hydrogens is 288 g/mol. The van der Waals surface area contributed by atoms with E-state index in [2.05, 4.69) is 53.5 Å². The summed E-state index contributed by atoms with van der Waals surface area (Å²) < 4.78 is 0. The smallest absolute Gasteiger partial charge is 0.270 e. The van der Waals surface area contributed by atoms with Gasteiger partial charge in [0.2, 0.25) is 5.95 Å². The Morgan fingerprint density at radius 3 is 2.57 bits per heavy atom. The zero-order chi connectivity index (χ0) is 16.7. The van der Waals surface area contributed by atoms with Crippen LogP contribution in [0.3, 0.4) is 0 Å². The summed E-state index contributed by atoms with van der Waals surface area (Å²) in [7, 11) is 0. The Balaban J connectivity index is 2.03. The fourth-order valence-corrected chi connectivity index (χ4v) is 2.10. The summed E-state index contributed by atoms with van der Waals surface area (Å²) in [6, 6.07) is 9.76. The Kier molecular flexibility index (Phi) is 6.09. The van der Waals surface area contributed by atoms with Gasteiger partial charge in [0.15, 0.2) is 0 Å². The molecule has 2 N–H and O–H groups in total. The highest BCUT2D eigenvalue weighted by Crippen LogP contribution is 2.19. The number of hydrogen-bond donors (Lipinski definition) is 2. The van der Waals surface area contributed by atoms with Crippen molar-refractivity contribution in [1.29, 1.82) is 0 Å². The molecular formula is C18H24N4O. The normalized spacial score (nSPS) is 10.6. The molecule has 1 amide bonds. The van der Waals surface area contributed by atoms with E-state index in [1.807, 2.05) is 12.1 Å². The molecule has 0 aliphatic heterocycles. The summed E-state index contributed by atoms with van der Waals surface area (Å²) in [6.45, 7) is 7.07. The van der Waals surface area contributed by atoms with Crippen molar-refractivity contribution in [1.82, 2.24) is 15.3 Å². The van der Waals surface area contributed by atoms with Crippen molar-refractivity contribution in [3.05, 3.63) is 47.8 Å². The molecule has 0 unspecified atom stereocenters. The van der Waals surface area contributed by atoms with Gasteiger partial charge in [0, 0.05) is 18.4 Å². The molecule has 1 aromatic heterocycles. The summed E-state index contributed by atoms with van der Waals surface area (Å²) in [5, 5.41) is 5.98. The van der Waals surface area contributed by atoms with Gasteiger partial charge in [-0.3, -0.25) is 4.79 Å². The third-order valence-electron chi connectivity index (χ3n) is 3.54. The lowest BCUT2D eigenvalue weighted by molar-refractivity contribution is 0.0948. The zero-order valence-corrected chi connectivity index (χ0v) is 14.0. The molecule has 0 bridgehead atoms. The van der Waals surface area contributed by atoms with Gasteiger partial charge in [0.1, 0.15) is 5.69 Å². The molecule has 0 fully saturated rings. The van der Waals surface area contributed by atoms with Crippen molar-refractivity contribution in [2.75, 3.05) is 11.9 Å². The van der Waals surface area contributed by atoms with Crippen LogP contribution in [0, 0.1) is 0 Å². The standard InChI is InChI=1S/C18H24N4O/c1-4-5-11-19-17(23)16-10-12-20-18(22-16)21-15-8-6-14(7-9-15)13(2)3/h6-10,12-13H,4-5,11H2,1-3H3,(H,19,23)(H,20,21,22). The van der Waals surface area contributed by atoms with Crippen LogP contribution in [0.4, 0.5) is 11.6 Å². The number of rotatable bonds is 7. The number of nitrogens with one attached hydrogen (secondary N) is 2. The second kappa shape index (κ2) is 8.27. The molecule has 0 aliphatic rings. The number of anilines is 2. The van der Waals surface area contributed by atoms with E-state index < -0.39 is 0 Å². The third kappa shape index (κ3) is 5.06. The first-order valence-electron chi connectivity index (χ1n) is 8.08. The number of amides is 1. The van der Waals surface area contributed by atoms with Gasteiger partial charge in [-0.2, -0.15) is 0 Å². The van der Waals surface area contributed by atoms with E-state index in [-0.39, 0.29) is 5.91 Å². The van der Waals surface area contributed by atoms with Crippen molar-refractivity contribution in [2.45, 2.75) is 39.5 Å². The number of carbonyl (C=O) groups excluding carboxylic acids is 1. The summed E-state index contributed by atoms with van der Waals surface area (Å²) in [6.07, 6.45) is 3.60. The quantitative estimate of drug-likeness (QED) is 0.762. The molecule has 122 valence electrons. The Morgan fingerprint density at radius 1 is 1.17 bits per heavy atom. The SMILES string of the molecule is CCCCNC(=O)c1ccnc(Nc2ccc(C(C)C)cc2)n1. The van der Waals surface area contributed by atoms with Crippen LogP contribution in [-0.4, -0.2) is 22.4 Å². The van der Waals surface area contributed by atoms with Crippen LogP contribution in [0.15, 0.2) is 36.5 Å². The number of nitrogens with zero attached hydrogens (tertiary/aromatic N) is 2. The van der Waals surface area contributed by atoms with E-state index in [1.54, 1.807) is 12.3 Å². The van der Waals surface area contributed by atoms with Crippen LogP contribution in [0.2, 0.25) is 0 Å². The summed E-state index contributed by atoms with van der Waals surface area (Å²) in [5.74, 6) is 0.750. The topological polar surface area (TPSA) is 66.9 Å². The Bertz CT molecular complexity index is 638. The lowest BCUT2D eigenvalue weighted by Gasteiger charge is -2.09. The van der Waals surface area contributed by atoms with E-state index in [1.165, 1.54) is 5.56 Å². The van der Waals surface area contributed by atoms with Gasteiger partial charge in [-0.1, -0.05) is 39.3 Å². The number of benzene rings is 1. The number of aromatic nitrogens is 2. The minimum atomic E-state index is -0.168. The fraction of sp³-hybridized carbons (Fsp3) is 0.389. The highest BCUT2D eigenvalue weighted by molar-refractivity contribution is 5.92. The van der Waals surface area contributed by atoms with Gasteiger partial charge in [0.05, 0.1) is 0 Å². The number of unbranched alkanes of at least 4 members (excludes halogenated alkanes) is 1. The number of carbonyl (C=O) groups is 1. The van der Waals surface area contributed by atoms with Gasteiger partial charge in [0.25, 0.3) is 5.91 Å². The maximum Gasteiger partial charge on any atom is 0.270 e. The molecule has 0 atom stereocenters. The van der Waals surface area contributed by atoms with Gasteiger partial charge in [-0.15, -0.1) is 0 Å². The van der Waals surface area contributed by atoms with E-state index in [9.17, 15) is 4.79 Å². The molecule has 1 aromatic carbocycles. The summed E-state index contributed by atoms with van der Waals surface area (Å²) in [4.78, 5) is 20.5. The minimum absolute atomic E-state index is 0.168. The second-order valence-corrected chi connectivity index (χ2v) is 5.78. The van der Waals surface area contributed by atoms with Crippen LogP contribution in [0.5, 0.6) is 0 Å². The predicted octanol–water partition coefficient (Wildman–Crippen LogP) is 3.87. The van der Waals surface area contributed by atoms with Gasteiger partial charge >= 0.3 is 0 Å². The summed E-state index contributed by atoms with van der Waals surface area (Å²) >= 11 is 0. The van der Waals surface area contributed by atoms with Crippen LogP contribution >= 0.6 is 0 Å². The first kappa shape index (κ1) is 16.9. The Labute approximate surface area is 137 Å². The molecule has 2 aromatic rings. The molecule has 0 saturated carbocycles. The zero-order valence-electron chi connectivity index (χ0n) is 14.0. The molecule has 2 rings (SSSR count). The second-order valence-electron chi connectivity index (χ2n) is 5.78. The largest absolute Gasteiger partial charge is 0.351 e. The molecule has 0 spiro atoms. The van der Waals surface area contributed by atoms with Crippen LogP contribution in [0.1, 0.15) is 55.6 Å². The van der Waals surface area contributed by atoms with Crippen molar-refractivity contribution >= 4 is 17.5 Å². The number of hydrogen-bond acceptors (Lipinski definition) is 4. The van der Waals surface area contributed by atoms with E-state index in [0.717, 1.165) is 18.5 Å². The van der Waals surface area contributed by atoms with Crippen molar-refractivity contribution < 1.29 is 4.79 Å². The predicted molar refractivity (Wildman–Crippen MR) is 93.1 cm³/mol. The molecule has 1 heterocycles. The van der Waals surface area contributed by atoms with E-state index in [4.69, 9.17) is 0 Å². The van der Waals surface area contributed by atoms with Gasteiger partial charge in [-0.25, -0.2) is 9.97 Å². The van der Waals surface area contributed by atoms with Gasteiger partial charge < -0.3 is 10.6 Å². The molecule has 0 saturated heterocycles. The first-order chi connectivity index (χ1) is 11.1. The first-order valence-corrected chi connectivity index (χ1v) is 8.08. The molecule has 5 heteroatoms. The lowest BCUT2D eigenvalue weighted by Crippen LogP contribution is -2.25. The van der Waals surface area contributed by atoms with E-state index in [0.29, 0.717) is 24.1 Å². The Morgan fingerprint density at radius 2 is 1.91 bits per heavy atom. The lowest BCUT2D eigenvalue weighted by atomic mass is 10.0. The average Bonchev–Trinajstić information content (AvgIpc) is 2.56. The highest BCUT2D eigenvalue weighted by Gasteiger charge is 2.08. The monoisotopic (exact) mass is 312 g/mol. The molecule has 0 aliphatic carbocycles. The molecule has 0 radical (unpaired) electrons. The Hall–Kier alpha value is -2.43. The minimum Gasteiger partial charge on any atom is -0.351 e. The van der Waals surface area contributed by atoms with Crippen molar-refractivity contribution in [3.8, 4) is 0 Å². The van der Waals surface area contributed by atoms with E-state index >= 15 is 0 Å². The average molecular weight is 312 g/mol. The molecule has 5 nitrogen and oxygen atoms in total. The third-order valence-corrected chi connectivity index (χ3v) is 3.54. The van der Waals surface area contributed by atoms with Crippen LogP contribution in [0.25, 0.3) is 0 Å².